The van der Waals surface area contributed by atoms with E-state index in [1.54, 1.807) is 6.26 Å². The largest absolute Gasteiger partial charge is 0.469 e. The summed E-state index contributed by atoms with van der Waals surface area (Å²) in [7, 11) is 0. The lowest BCUT2D eigenvalue weighted by Gasteiger charge is -2.25. The van der Waals surface area contributed by atoms with Crippen LogP contribution in [0.25, 0.3) is 0 Å². The van der Waals surface area contributed by atoms with Gasteiger partial charge >= 0.3 is 0 Å². The molecule has 1 heterocycles. The Morgan fingerprint density at radius 1 is 1.47 bits per heavy atom. The molecule has 2 rings (SSSR count). The molecule has 17 heavy (non-hydrogen) atoms. The second-order valence-electron chi connectivity index (χ2n) is 5.28. The molecule has 2 heteroatoms. The fourth-order valence-electron chi connectivity index (χ4n) is 2.44. The third-order valence-corrected chi connectivity index (χ3v) is 3.73. The summed E-state index contributed by atoms with van der Waals surface area (Å²) in [6, 6.07) is 2.09. The van der Waals surface area contributed by atoms with Crippen LogP contribution in [0.2, 0.25) is 0 Å². The maximum atomic E-state index is 11.7. The maximum Gasteiger partial charge on any atom is 0.158 e. The Bertz CT molecular complexity index is 440. The van der Waals surface area contributed by atoms with Crippen molar-refractivity contribution in [2.45, 2.75) is 40.0 Å². The summed E-state index contributed by atoms with van der Waals surface area (Å²) in [6.45, 7) is 6.16. The standard InChI is InChI=1S/C15H20O2/c1-10-6-14(17-9-10)7-12(3)13-5-4-11(2)15(16)8-13/h4,6,9,12-13H,5,7-8H2,1-3H3/t12-,13-/m0/s1. The van der Waals surface area contributed by atoms with Gasteiger partial charge in [0.25, 0.3) is 0 Å². The van der Waals surface area contributed by atoms with E-state index in [1.165, 1.54) is 5.56 Å². The van der Waals surface area contributed by atoms with Gasteiger partial charge in [-0.25, -0.2) is 0 Å². The van der Waals surface area contributed by atoms with E-state index in [0.717, 1.165) is 24.2 Å². The highest BCUT2D eigenvalue weighted by Crippen LogP contribution is 2.29. The molecular formula is C15H20O2. The highest BCUT2D eigenvalue weighted by Gasteiger charge is 2.24. The summed E-state index contributed by atoms with van der Waals surface area (Å²) >= 11 is 0. The predicted molar refractivity (Wildman–Crippen MR) is 67.8 cm³/mol. The molecule has 0 N–H and O–H groups in total. The van der Waals surface area contributed by atoms with E-state index < -0.39 is 0 Å². The third kappa shape index (κ3) is 2.87. The van der Waals surface area contributed by atoms with E-state index >= 15 is 0 Å². The molecule has 1 aliphatic carbocycles. The Morgan fingerprint density at radius 2 is 2.24 bits per heavy atom. The molecule has 0 saturated heterocycles. The Labute approximate surface area is 103 Å². The van der Waals surface area contributed by atoms with Crippen LogP contribution in [-0.4, -0.2) is 5.78 Å². The van der Waals surface area contributed by atoms with Crippen molar-refractivity contribution >= 4 is 5.78 Å². The number of carbonyl (C=O) groups excluding carboxylic acids is 1. The Balaban J connectivity index is 1.97. The summed E-state index contributed by atoms with van der Waals surface area (Å²) in [6.07, 6.45) is 6.53. The van der Waals surface area contributed by atoms with Crippen molar-refractivity contribution in [3.63, 3.8) is 0 Å². The van der Waals surface area contributed by atoms with E-state index in [1.807, 2.05) is 13.8 Å². The van der Waals surface area contributed by atoms with E-state index in [4.69, 9.17) is 4.42 Å². The lowest BCUT2D eigenvalue weighted by atomic mass is 9.79. The van der Waals surface area contributed by atoms with Crippen LogP contribution in [0.4, 0.5) is 0 Å². The van der Waals surface area contributed by atoms with Gasteiger partial charge in [-0.1, -0.05) is 13.0 Å². The normalized spacial score (nSPS) is 22.4. The first-order chi connectivity index (χ1) is 8.06. The van der Waals surface area contributed by atoms with Gasteiger partial charge in [-0.05, 0) is 49.3 Å². The van der Waals surface area contributed by atoms with Crippen molar-refractivity contribution in [2.75, 3.05) is 0 Å². The second kappa shape index (κ2) is 4.91. The second-order valence-corrected chi connectivity index (χ2v) is 5.28. The van der Waals surface area contributed by atoms with Crippen LogP contribution < -0.4 is 0 Å². The monoisotopic (exact) mass is 232 g/mol. The molecule has 0 radical (unpaired) electrons. The van der Waals surface area contributed by atoms with Gasteiger partial charge < -0.3 is 4.42 Å². The molecule has 0 bridgehead atoms. The Kier molecular flexibility index (Phi) is 3.51. The number of hydrogen-bond donors (Lipinski definition) is 0. The molecule has 0 fully saturated rings. The van der Waals surface area contributed by atoms with Gasteiger partial charge in [0.15, 0.2) is 5.78 Å². The van der Waals surface area contributed by atoms with Crippen LogP contribution in [0, 0.1) is 18.8 Å². The topological polar surface area (TPSA) is 30.2 Å². The van der Waals surface area contributed by atoms with Crippen LogP contribution in [0.15, 0.2) is 28.4 Å². The SMILES string of the molecule is CC1=CC[C@H]([C@@H](C)Cc2cc(C)co2)CC1=O. The third-order valence-electron chi connectivity index (χ3n) is 3.73. The van der Waals surface area contributed by atoms with E-state index in [0.29, 0.717) is 24.0 Å². The van der Waals surface area contributed by atoms with Crippen molar-refractivity contribution in [1.82, 2.24) is 0 Å². The number of ketones is 1. The fraction of sp³-hybridized carbons (Fsp3) is 0.533. The molecule has 0 spiro atoms. The number of furan rings is 1. The van der Waals surface area contributed by atoms with Crippen LogP contribution in [-0.2, 0) is 11.2 Å². The number of allylic oxidation sites excluding steroid dienone is 2. The molecule has 92 valence electrons. The minimum atomic E-state index is 0.309. The molecule has 2 nitrogen and oxygen atoms in total. The molecular weight excluding hydrogens is 212 g/mol. The highest BCUT2D eigenvalue weighted by atomic mass is 16.3. The van der Waals surface area contributed by atoms with Crippen molar-refractivity contribution in [3.8, 4) is 0 Å². The van der Waals surface area contributed by atoms with E-state index in [9.17, 15) is 4.79 Å². The number of aryl methyl sites for hydroxylation is 1. The average Bonchev–Trinajstić information content (AvgIpc) is 2.68. The van der Waals surface area contributed by atoms with Gasteiger partial charge in [0.05, 0.1) is 6.26 Å². The molecule has 0 aliphatic heterocycles. The zero-order valence-corrected chi connectivity index (χ0v) is 10.8. The first-order valence-corrected chi connectivity index (χ1v) is 6.30. The zero-order chi connectivity index (χ0) is 12.4. The summed E-state index contributed by atoms with van der Waals surface area (Å²) in [4.78, 5) is 11.7. The van der Waals surface area contributed by atoms with Gasteiger partial charge in [0.1, 0.15) is 5.76 Å². The summed E-state index contributed by atoms with van der Waals surface area (Å²) < 4.78 is 5.47. The molecule has 0 amide bonds. The minimum absolute atomic E-state index is 0.309. The molecule has 0 saturated carbocycles. The quantitative estimate of drug-likeness (QED) is 0.795. The lowest BCUT2D eigenvalue weighted by molar-refractivity contribution is -0.117. The average molecular weight is 232 g/mol. The Hall–Kier alpha value is -1.31. The molecule has 0 aromatic carbocycles. The first-order valence-electron chi connectivity index (χ1n) is 6.30. The van der Waals surface area contributed by atoms with Gasteiger partial charge in [-0.15, -0.1) is 0 Å². The number of Topliss-reactive ketones (excluding diaryl/α,β-unsaturated/α-hetero) is 1. The van der Waals surface area contributed by atoms with Crippen molar-refractivity contribution in [1.29, 1.82) is 0 Å². The van der Waals surface area contributed by atoms with Crippen LogP contribution in [0.1, 0.15) is 38.0 Å². The van der Waals surface area contributed by atoms with Gasteiger partial charge in [0.2, 0.25) is 0 Å². The molecule has 2 atom stereocenters. The first kappa shape index (κ1) is 12.2. The lowest BCUT2D eigenvalue weighted by Crippen LogP contribution is -2.21. The van der Waals surface area contributed by atoms with Gasteiger partial charge in [-0.3, -0.25) is 4.79 Å². The molecule has 0 unspecified atom stereocenters. The number of rotatable bonds is 3. The summed E-state index contributed by atoms with van der Waals surface area (Å²) in [5.74, 6) is 2.31. The summed E-state index contributed by atoms with van der Waals surface area (Å²) in [5, 5.41) is 0. The maximum absolute atomic E-state index is 11.7. The van der Waals surface area contributed by atoms with E-state index in [-0.39, 0.29) is 0 Å². The van der Waals surface area contributed by atoms with Gasteiger partial charge in [0, 0.05) is 12.8 Å². The highest BCUT2D eigenvalue weighted by molar-refractivity contribution is 5.95. The van der Waals surface area contributed by atoms with Crippen molar-refractivity contribution < 1.29 is 9.21 Å². The summed E-state index contributed by atoms with van der Waals surface area (Å²) in [5.41, 5.74) is 2.10. The Morgan fingerprint density at radius 3 is 2.82 bits per heavy atom. The zero-order valence-electron chi connectivity index (χ0n) is 10.8. The van der Waals surface area contributed by atoms with Crippen LogP contribution in [0.3, 0.4) is 0 Å². The van der Waals surface area contributed by atoms with Crippen LogP contribution in [0.5, 0.6) is 0 Å². The minimum Gasteiger partial charge on any atom is -0.469 e. The smallest absolute Gasteiger partial charge is 0.158 e. The van der Waals surface area contributed by atoms with Crippen LogP contribution >= 0.6 is 0 Å². The predicted octanol–water partition coefficient (Wildman–Crippen LogP) is 3.69. The fourth-order valence-corrected chi connectivity index (χ4v) is 2.44. The number of hydrogen-bond acceptors (Lipinski definition) is 2. The van der Waals surface area contributed by atoms with E-state index in [2.05, 4.69) is 19.1 Å². The number of carbonyl (C=O) groups is 1. The van der Waals surface area contributed by atoms with Gasteiger partial charge in [-0.2, -0.15) is 0 Å². The molecule has 1 aromatic heterocycles. The van der Waals surface area contributed by atoms with Crippen molar-refractivity contribution in [3.05, 3.63) is 35.3 Å². The van der Waals surface area contributed by atoms with Crippen molar-refractivity contribution in [2.24, 2.45) is 11.8 Å². The molecule has 1 aromatic rings. The molecule has 1 aliphatic rings.